The van der Waals surface area contributed by atoms with Gasteiger partial charge in [0.25, 0.3) is 5.72 Å². The van der Waals surface area contributed by atoms with Gasteiger partial charge in [0, 0.05) is 23.7 Å². The second-order valence-corrected chi connectivity index (χ2v) is 17.2. The molecule has 0 bridgehead atoms. The molecule has 2 fully saturated rings. The van der Waals surface area contributed by atoms with Crippen molar-refractivity contribution in [2.24, 2.45) is 10.6 Å². The molecule has 1 spiro atoms. The molecule has 0 amide bonds. The Morgan fingerprint density at radius 1 is 1.18 bits per heavy atom. The fraction of sp³-hybridized carbons (Fsp3) is 0.400. The minimum atomic E-state index is -1.99. The third kappa shape index (κ3) is 4.34. The van der Waals surface area contributed by atoms with Crippen LogP contribution in [0.4, 0.5) is 4.39 Å². The Bertz CT molecular complexity index is 1520. The molecule has 4 heterocycles. The largest absolute Gasteiger partial charge is 0.495 e. The Hall–Kier alpha value is -3.47. The Labute approximate surface area is 234 Å². The van der Waals surface area contributed by atoms with E-state index in [1.165, 1.54) is 6.07 Å². The van der Waals surface area contributed by atoms with Crippen LogP contribution in [0.25, 0.3) is 11.8 Å². The molecule has 40 heavy (non-hydrogen) atoms. The molecule has 1 unspecified atom stereocenters. The molecule has 1 atom stereocenters. The van der Waals surface area contributed by atoms with Crippen LogP contribution in [0.2, 0.25) is 19.6 Å². The molecule has 0 saturated carbocycles. The number of aliphatic hydroxyl groups is 1. The van der Waals surface area contributed by atoms with Crippen molar-refractivity contribution in [2.45, 2.75) is 38.7 Å². The summed E-state index contributed by atoms with van der Waals surface area (Å²) in [5.74, 6) is 1.18. The minimum Gasteiger partial charge on any atom is -0.495 e. The van der Waals surface area contributed by atoms with Gasteiger partial charge in [-0.15, -0.1) is 0 Å². The van der Waals surface area contributed by atoms with E-state index in [2.05, 4.69) is 35.9 Å². The molecule has 3 aromatic rings. The first kappa shape index (κ1) is 26.7. The topological polar surface area (TPSA) is 81.3 Å². The first-order valence-corrected chi connectivity index (χ1v) is 17.0. The van der Waals surface area contributed by atoms with Crippen molar-refractivity contribution >= 4 is 25.2 Å². The summed E-state index contributed by atoms with van der Waals surface area (Å²) in [6.07, 6.45) is 6.59. The molecule has 1 N–H and O–H groups in total. The number of imidazole rings is 1. The van der Waals surface area contributed by atoms with Gasteiger partial charge >= 0.3 is 0 Å². The Kier molecular flexibility index (Phi) is 6.40. The number of benzene rings is 2. The van der Waals surface area contributed by atoms with E-state index >= 15 is 0 Å². The van der Waals surface area contributed by atoms with Gasteiger partial charge in [-0.25, -0.2) is 9.37 Å². The van der Waals surface area contributed by atoms with Crippen molar-refractivity contribution in [1.29, 1.82) is 0 Å². The Balaban J connectivity index is 1.40. The molecular formula is C30H35FN4O4Si. The molecule has 0 aliphatic carbocycles. The fourth-order valence-corrected chi connectivity index (χ4v) is 7.29. The van der Waals surface area contributed by atoms with Crippen molar-refractivity contribution in [1.82, 2.24) is 14.5 Å². The first-order chi connectivity index (χ1) is 19.1. The summed E-state index contributed by atoms with van der Waals surface area (Å²) >= 11 is 0. The van der Waals surface area contributed by atoms with Gasteiger partial charge < -0.3 is 28.9 Å². The van der Waals surface area contributed by atoms with Crippen molar-refractivity contribution < 1.29 is 23.8 Å². The van der Waals surface area contributed by atoms with Crippen LogP contribution in [0, 0.1) is 18.2 Å². The summed E-state index contributed by atoms with van der Waals surface area (Å²) in [6.45, 7) is 9.78. The van der Waals surface area contributed by atoms with E-state index < -0.39 is 13.8 Å². The van der Waals surface area contributed by atoms with Gasteiger partial charge in [-0.1, -0.05) is 36.9 Å². The van der Waals surface area contributed by atoms with E-state index in [4.69, 9.17) is 14.3 Å². The second-order valence-electron chi connectivity index (χ2n) is 12.2. The lowest BCUT2D eigenvalue weighted by Gasteiger charge is -2.51. The molecule has 1 aromatic heterocycles. The van der Waals surface area contributed by atoms with Crippen molar-refractivity contribution in [2.75, 3.05) is 33.5 Å². The number of piperidine rings is 1. The average Bonchev–Trinajstić information content (AvgIpc) is 3.51. The number of oxime groups is 1. The van der Waals surface area contributed by atoms with Crippen LogP contribution in [-0.4, -0.2) is 66.9 Å². The molecule has 8 nitrogen and oxygen atoms in total. The lowest BCUT2D eigenvalue weighted by molar-refractivity contribution is -0.178. The predicted octanol–water partition coefficient (Wildman–Crippen LogP) is 4.17. The van der Waals surface area contributed by atoms with Crippen LogP contribution in [-0.2, 0) is 15.3 Å². The Morgan fingerprint density at radius 2 is 1.98 bits per heavy atom. The zero-order valence-electron chi connectivity index (χ0n) is 23.6. The number of halogens is 1. The summed E-state index contributed by atoms with van der Waals surface area (Å²) in [5, 5.41) is 16.1. The standard InChI is InChI=1S/C30H35FN4O4Si/c1-20-14-34(19-32-20)25-9-6-21(11-26(25)37-2)10-22-13-29(17-38-18-29)15-35-28(22)33-39-30(35,16-36)23-7-8-24(31)27(12-23)40(3,4)5/h6-12,14,19,36H,13,15-18H2,1-5H3/b22-10+. The summed E-state index contributed by atoms with van der Waals surface area (Å²) in [6, 6.07) is 11.1. The minimum absolute atomic E-state index is 0.126. The molecule has 3 aliphatic rings. The SMILES string of the molecule is COc1cc(/C=C2\CC3(COC3)CN3C2=NOC3(CO)c2ccc(F)c([Si](C)(C)C)c2)ccc1-n1cnc(C)c1. The summed E-state index contributed by atoms with van der Waals surface area (Å²) in [5.41, 5.74) is 3.11. The number of hydrogen-bond donors (Lipinski definition) is 1. The van der Waals surface area contributed by atoms with Gasteiger partial charge in [-0.05, 0) is 60.0 Å². The quantitative estimate of drug-likeness (QED) is 0.455. The van der Waals surface area contributed by atoms with E-state index in [0.29, 0.717) is 36.3 Å². The highest BCUT2D eigenvalue weighted by Gasteiger charge is 2.56. The molecular weight excluding hydrogens is 527 g/mol. The van der Waals surface area contributed by atoms with Crippen molar-refractivity contribution in [3.8, 4) is 11.4 Å². The van der Waals surface area contributed by atoms with Gasteiger partial charge in [0.05, 0.1) is 46.1 Å². The smallest absolute Gasteiger partial charge is 0.260 e. The highest BCUT2D eigenvalue weighted by atomic mass is 28.3. The number of aryl methyl sites for hydroxylation is 1. The molecule has 6 rings (SSSR count). The molecule has 10 heteroatoms. The lowest BCUT2D eigenvalue weighted by atomic mass is 9.74. The van der Waals surface area contributed by atoms with Crippen LogP contribution < -0.4 is 9.92 Å². The first-order valence-electron chi connectivity index (χ1n) is 13.5. The molecule has 0 radical (unpaired) electrons. The third-order valence-corrected chi connectivity index (χ3v) is 10.1. The van der Waals surface area contributed by atoms with E-state index in [0.717, 1.165) is 34.7 Å². The third-order valence-electron chi connectivity index (χ3n) is 8.11. The highest BCUT2D eigenvalue weighted by Crippen LogP contribution is 2.48. The van der Waals surface area contributed by atoms with Crippen LogP contribution >= 0.6 is 0 Å². The highest BCUT2D eigenvalue weighted by molar-refractivity contribution is 6.88. The van der Waals surface area contributed by atoms with E-state index in [-0.39, 0.29) is 17.8 Å². The molecule has 3 aliphatic heterocycles. The number of nitrogens with zero attached hydrogens (tertiary/aromatic N) is 4. The van der Waals surface area contributed by atoms with Gasteiger partial charge in [0.1, 0.15) is 18.2 Å². The van der Waals surface area contributed by atoms with Crippen LogP contribution in [0.5, 0.6) is 5.75 Å². The second kappa shape index (κ2) is 9.57. The summed E-state index contributed by atoms with van der Waals surface area (Å²) in [4.78, 5) is 12.5. The van der Waals surface area contributed by atoms with Crippen molar-refractivity contribution in [3.63, 3.8) is 0 Å². The van der Waals surface area contributed by atoms with Gasteiger partial charge in [-0.3, -0.25) is 0 Å². The number of aliphatic hydroxyl groups excluding tert-OH is 1. The van der Waals surface area contributed by atoms with Crippen LogP contribution in [0.15, 0.2) is 59.7 Å². The predicted molar refractivity (Wildman–Crippen MR) is 154 cm³/mol. The number of fused-ring (bicyclic) bond motifs is 1. The lowest BCUT2D eigenvalue weighted by Crippen LogP contribution is -2.61. The normalized spacial score (nSPS) is 22.6. The fourth-order valence-electron chi connectivity index (χ4n) is 5.91. The number of amidine groups is 1. The maximum Gasteiger partial charge on any atom is 0.260 e. The molecule has 210 valence electrons. The summed E-state index contributed by atoms with van der Waals surface area (Å²) in [7, 11) is -0.335. The van der Waals surface area contributed by atoms with E-state index in [1.54, 1.807) is 19.5 Å². The zero-order chi connectivity index (χ0) is 28.3. The Morgan fingerprint density at radius 3 is 2.60 bits per heavy atom. The van der Waals surface area contributed by atoms with Crippen molar-refractivity contribution in [3.05, 3.63) is 77.1 Å². The molecule has 2 aromatic carbocycles. The number of hydrogen-bond acceptors (Lipinski definition) is 7. The average molecular weight is 563 g/mol. The number of rotatable bonds is 6. The maximum absolute atomic E-state index is 14.9. The van der Waals surface area contributed by atoms with Crippen LogP contribution in [0.3, 0.4) is 0 Å². The van der Waals surface area contributed by atoms with E-state index in [1.807, 2.05) is 46.9 Å². The zero-order valence-corrected chi connectivity index (χ0v) is 24.6. The van der Waals surface area contributed by atoms with Gasteiger partial charge in [0.2, 0.25) is 0 Å². The van der Waals surface area contributed by atoms with Crippen LogP contribution in [0.1, 0.15) is 23.2 Å². The monoisotopic (exact) mass is 562 g/mol. The maximum atomic E-state index is 14.9. The molecule has 2 saturated heterocycles. The summed E-state index contributed by atoms with van der Waals surface area (Å²) < 4.78 is 28.2. The number of methoxy groups -OCH3 is 1. The number of ether oxygens (including phenoxy) is 2. The van der Waals surface area contributed by atoms with Gasteiger partial charge in [-0.2, -0.15) is 0 Å². The number of aromatic nitrogens is 2. The van der Waals surface area contributed by atoms with E-state index in [9.17, 15) is 9.50 Å². The van der Waals surface area contributed by atoms with Gasteiger partial charge in [0.15, 0.2) is 5.84 Å².